The monoisotopic (exact) mass is 497 g/mol. The molecule has 1 aliphatic heterocycles. The van der Waals surface area contributed by atoms with E-state index in [-0.39, 0.29) is 29.9 Å². The highest BCUT2D eigenvalue weighted by Gasteiger charge is 2.22. The van der Waals surface area contributed by atoms with Gasteiger partial charge in [0.05, 0.1) is 12.2 Å². The molecule has 2 heterocycles. The smallest absolute Gasteiger partial charge is 0.223 e. The Morgan fingerprint density at radius 2 is 1.89 bits per heavy atom. The van der Waals surface area contributed by atoms with E-state index in [0.29, 0.717) is 31.4 Å². The lowest BCUT2D eigenvalue weighted by Crippen LogP contribution is -2.37. The number of aromatic nitrogens is 1. The van der Waals surface area contributed by atoms with Crippen molar-refractivity contribution in [1.29, 1.82) is 0 Å². The third kappa shape index (κ3) is 5.70. The highest BCUT2D eigenvalue weighted by Crippen LogP contribution is 2.22. The summed E-state index contributed by atoms with van der Waals surface area (Å²) in [6.45, 7) is 6.41. The average molecular weight is 497 g/mol. The number of halogens is 1. The molecule has 0 saturated heterocycles. The molecule has 0 bridgehead atoms. The van der Waals surface area contributed by atoms with Gasteiger partial charge < -0.3 is 20.0 Å². The highest BCUT2D eigenvalue weighted by molar-refractivity contribution is 14.0. The lowest BCUT2D eigenvalue weighted by Gasteiger charge is -2.16. The molecule has 2 N–H and O–H groups in total. The summed E-state index contributed by atoms with van der Waals surface area (Å²) in [5.74, 6) is 2.33. The number of hydrogen-bond acceptors (Lipinski definition) is 4. The second-order valence-electron chi connectivity index (χ2n) is 6.72. The minimum Gasteiger partial charge on any atom is -0.444 e. The summed E-state index contributed by atoms with van der Waals surface area (Å²) >= 11 is 0. The molecular formula is C20H28IN5O2. The molecule has 152 valence electrons. The summed E-state index contributed by atoms with van der Waals surface area (Å²) < 4.78 is 5.54. The number of aliphatic imine (C=N–C) groups is 1. The molecule has 0 fully saturated rings. The molecule has 0 unspecified atom stereocenters. The number of benzene rings is 1. The first-order valence-corrected chi connectivity index (χ1v) is 9.29. The quantitative estimate of drug-likeness (QED) is 0.278. The topological polar surface area (TPSA) is 82.8 Å². The number of carbonyl (C=O) groups excluding carboxylic acids is 1. The summed E-state index contributed by atoms with van der Waals surface area (Å²) in [4.78, 5) is 22.8. The fourth-order valence-corrected chi connectivity index (χ4v) is 3.11. The van der Waals surface area contributed by atoms with Crippen molar-refractivity contribution in [3.8, 4) is 0 Å². The molecule has 1 amide bonds. The van der Waals surface area contributed by atoms with Crippen LogP contribution in [0.25, 0.3) is 0 Å². The molecule has 28 heavy (non-hydrogen) atoms. The van der Waals surface area contributed by atoms with E-state index in [1.54, 1.807) is 7.05 Å². The van der Waals surface area contributed by atoms with E-state index in [4.69, 9.17) is 4.42 Å². The molecule has 7 nitrogen and oxygen atoms in total. The minimum absolute atomic E-state index is 0. The predicted octanol–water partition coefficient (Wildman–Crippen LogP) is 2.90. The van der Waals surface area contributed by atoms with Gasteiger partial charge in [-0.2, -0.15) is 0 Å². The van der Waals surface area contributed by atoms with Crippen LogP contribution in [0.1, 0.15) is 41.3 Å². The van der Waals surface area contributed by atoms with E-state index in [9.17, 15) is 4.79 Å². The fraction of sp³-hybridized carbons (Fsp3) is 0.450. The van der Waals surface area contributed by atoms with Gasteiger partial charge in [0, 0.05) is 33.1 Å². The Hall–Kier alpha value is -2.10. The van der Waals surface area contributed by atoms with Crippen molar-refractivity contribution >= 4 is 35.8 Å². The van der Waals surface area contributed by atoms with Crippen LogP contribution >= 0.6 is 24.0 Å². The van der Waals surface area contributed by atoms with E-state index < -0.39 is 0 Å². The largest absolute Gasteiger partial charge is 0.444 e. The summed E-state index contributed by atoms with van der Waals surface area (Å²) in [6, 6.07) is 8.24. The van der Waals surface area contributed by atoms with Gasteiger partial charge in [-0.3, -0.25) is 9.79 Å². The first-order valence-electron chi connectivity index (χ1n) is 9.29. The zero-order valence-electron chi connectivity index (χ0n) is 16.6. The van der Waals surface area contributed by atoms with Gasteiger partial charge in [0.2, 0.25) is 11.8 Å². The Morgan fingerprint density at radius 1 is 1.21 bits per heavy atom. The molecule has 2 aromatic rings. The number of nitrogens with one attached hydrogen (secondary N) is 2. The van der Waals surface area contributed by atoms with Crippen molar-refractivity contribution in [2.75, 3.05) is 13.6 Å². The second-order valence-corrected chi connectivity index (χ2v) is 6.72. The molecule has 1 aromatic heterocycles. The third-order valence-electron chi connectivity index (χ3n) is 4.76. The Balaban J connectivity index is 0.00000280. The van der Waals surface area contributed by atoms with Crippen LogP contribution in [-0.2, 0) is 24.4 Å². The number of carbonyl (C=O) groups is 1. The summed E-state index contributed by atoms with van der Waals surface area (Å²) in [6.07, 6.45) is 1.28. The number of amides is 1. The number of guanidine groups is 1. The standard InChI is InChI=1S/C20H27N5O2.HI/c1-14-15(2)27-18(24-14)11-23-20(21-3)22-10-6-9-19(26)25-12-16-7-4-5-8-17(16)13-25;/h4-5,7-8H,6,9-13H2,1-3H3,(H2,21,22,23);1H. The minimum atomic E-state index is 0. The Labute approximate surface area is 183 Å². The molecule has 0 radical (unpaired) electrons. The maximum absolute atomic E-state index is 12.4. The Kier molecular flexibility index (Phi) is 8.28. The van der Waals surface area contributed by atoms with Gasteiger partial charge in [-0.1, -0.05) is 24.3 Å². The van der Waals surface area contributed by atoms with Crippen molar-refractivity contribution in [2.45, 2.75) is 46.3 Å². The number of fused-ring (bicyclic) bond motifs is 1. The molecule has 0 atom stereocenters. The summed E-state index contributed by atoms with van der Waals surface area (Å²) in [5.41, 5.74) is 3.41. The van der Waals surface area contributed by atoms with Gasteiger partial charge in [0.25, 0.3) is 0 Å². The van der Waals surface area contributed by atoms with E-state index in [1.807, 2.05) is 30.9 Å². The van der Waals surface area contributed by atoms with Crippen molar-refractivity contribution in [3.63, 3.8) is 0 Å². The van der Waals surface area contributed by atoms with Crippen molar-refractivity contribution in [2.24, 2.45) is 4.99 Å². The lowest BCUT2D eigenvalue weighted by atomic mass is 10.1. The lowest BCUT2D eigenvalue weighted by molar-refractivity contribution is -0.131. The Bertz CT molecular complexity index is 789. The van der Waals surface area contributed by atoms with Crippen LogP contribution in [0, 0.1) is 13.8 Å². The van der Waals surface area contributed by atoms with E-state index in [2.05, 4.69) is 32.7 Å². The summed E-state index contributed by atoms with van der Waals surface area (Å²) in [5, 5.41) is 6.39. The van der Waals surface area contributed by atoms with Crippen LogP contribution in [0.5, 0.6) is 0 Å². The SMILES string of the molecule is CN=C(NCCCC(=O)N1Cc2ccccc2C1)NCc1nc(C)c(C)o1.I. The zero-order valence-corrected chi connectivity index (χ0v) is 18.9. The molecule has 0 saturated carbocycles. The van der Waals surface area contributed by atoms with Gasteiger partial charge in [0.1, 0.15) is 5.76 Å². The Morgan fingerprint density at radius 3 is 2.46 bits per heavy atom. The van der Waals surface area contributed by atoms with E-state index >= 15 is 0 Å². The molecule has 0 spiro atoms. The number of aryl methyl sites for hydroxylation is 2. The van der Waals surface area contributed by atoms with E-state index in [0.717, 1.165) is 31.0 Å². The summed E-state index contributed by atoms with van der Waals surface area (Å²) in [7, 11) is 1.72. The highest BCUT2D eigenvalue weighted by atomic mass is 127. The zero-order chi connectivity index (χ0) is 19.2. The first kappa shape index (κ1) is 22.2. The average Bonchev–Trinajstić information content (AvgIpc) is 3.24. The van der Waals surface area contributed by atoms with Gasteiger partial charge in [-0.15, -0.1) is 24.0 Å². The molecule has 1 aromatic carbocycles. The number of nitrogens with zero attached hydrogens (tertiary/aromatic N) is 3. The van der Waals surface area contributed by atoms with Crippen LogP contribution in [0.2, 0.25) is 0 Å². The van der Waals surface area contributed by atoms with Crippen molar-refractivity contribution in [3.05, 3.63) is 52.7 Å². The maximum Gasteiger partial charge on any atom is 0.223 e. The third-order valence-corrected chi connectivity index (χ3v) is 4.76. The van der Waals surface area contributed by atoms with E-state index in [1.165, 1.54) is 11.1 Å². The molecule has 3 rings (SSSR count). The van der Waals surface area contributed by atoms with Crippen molar-refractivity contribution in [1.82, 2.24) is 20.5 Å². The second kappa shape index (κ2) is 10.4. The number of oxazole rings is 1. The van der Waals surface area contributed by atoms with Crippen LogP contribution < -0.4 is 10.6 Å². The van der Waals surface area contributed by atoms with Crippen LogP contribution in [0.3, 0.4) is 0 Å². The number of rotatable bonds is 6. The molecule has 1 aliphatic rings. The predicted molar refractivity (Wildman–Crippen MR) is 120 cm³/mol. The maximum atomic E-state index is 12.4. The molecule has 8 heteroatoms. The van der Waals surface area contributed by atoms with Gasteiger partial charge in [-0.05, 0) is 31.4 Å². The van der Waals surface area contributed by atoms with Crippen LogP contribution in [0.4, 0.5) is 0 Å². The molecular weight excluding hydrogens is 469 g/mol. The van der Waals surface area contributed by atoms with Crippen LogP contribution in [-0.4, -0.2) is 35.3 Å². The normalized spacial score (nSPS) is 13.1. The van der Waals surface area contributed by atoms with Gasteiger partial charge in [-0.25, -0.2) is 4.98 Å². The van der Waals surface area contributed by atoms with Crippen molar-refractivity contribution < 1.29 is 9.21 Å². The van der Waals surface area contributed by atoms with Crippen LogP contribution in [0.15, 0.2) is 33.7 Å². The van der Waals surface area contributed by atoms with Gasteiger partial charge in [0.15, 0.2) is 5.96 Å². The first-order chi connectivity index (χ1) is 13.1. The fourth-order valence-electron chi connectivity index (χ4n) is 3.11. The molecule has 0 aliphatic carbocycles. The number of hydrogen-bond donors (Lipinski definition) is 2. The van der Waals surface area contributed by atoms with Gasteiger partial charge >= 0.3 is 0 Å².